The normalized spacial score (nSPS) is 20.1. The maximum absolute atomic E-state index is 12.4. The summed E-state index contributed by atoms with van der Waals surface area (Å²) in [4.78, 5) is 23.0. The summed E-state index contributed by atoms with van der Waals surface area (Å²) in [5.74, 6) is 0.566. The Balaban J connectivity index is 1.46. The Hall–Kier alpha value is -1.90. The van der Waals surface area contributed by atoms with Gasteiger partial charge in [0.1, 0.15) is 5.82 Å². The van der Waals surface area contributed by atoms with Gasteiger partial charge in [0.05, 0.1) is 31.2 Å². The minimum Gasteiger partial charge on any atom is -0.392 e. The van der Waals surface area contributed by atoms with Crippen LogP contribution in [-0.4, -0.2) is 91.1 Å². The Bertz CT molecular complexity index is 569. The summed E-state index contributed by atoms with van der Waals surface area (Å²) in [5, 5.41) is 12.6. The van der Waals surface area contributed by atoms with Gasteiger partial charge in [-0.15, -0.1) is 0 Å². The molecular formula is C18H29N5O3. The van der Waals surface area contributed by atoms with Crippen LogP contribution in [0.3, 0.4) is 0 Å². The SMILES string of the molecule is CCC(O)CN1CCN(C(=O)Nc2ccc(N3CCOCC3)cn2)CC1. The predicted molar refractivity (Wildman–Crippen MR) is 101 cm³/mol. The van der Waals surface area contributed by atoms with Gasteiger partial charge in [-0.25, -0.2) is 9.78 Å². The van der Waals surface area contributed by atoms with E-state index in [4.69, 9.17) is 4.74 Å². The largest absolute Gasteiger partial charge is 0.392 e. The lowest BCUT2D eigenvalue weighted by molar-refractivity contribution is 0.0812. The van der Waals surface area contributed by atoms with Gasteiger partial charge in [0.15, 0.2) is 0 Å². The molecule has 2 aliphatic rings. The number of morpholine rings is 1. The van der Waals surface area contributed by atoms with Gasteiger partial charge >= 0.3 is 6.03 Å². The molecule has 26 heavy (non-hydrogen) atoms. The number of hydrogen-bond donors (Lipinski definition) is 2. The lowest BCUT2D eigenvalue weighted by atomic mass is 10.2. The van der Waals surface area contributed by atoms with Gasteiger partial charge in [-0.3, -0.25) is 10.2 Å². The lowest BCUT2D eigenvalue weighted by Crippen LogP contribution is -2.51. The molecule has 144 valence electrons. The van der Waals surface area contributed by atoms with E-state index >= 15 is 0 Å². The molecule has 2 saturated heterocycles. The average Bonchev–Trinajstić information content (AvgIpc) is 2.69. The molecule has 0 saturated carbocycles. The quantitative estimate of drug-likeness (QED) is 0.807. The summed E-state index contributed by atoms with van der Waals surface area (Å²) < 4.78 is 5.36. The molecule has 0 aromatic carbocycles. The van der Waals surface area contributed by atoms with Crippen LogP contribution in [-0.2, 0) is 4.74 Å². The zero-order chi connectivity index (χ0) is 18.4. The minimum atomic E-state index is -0.287. The molecule has 2 aliphatic heterocycles. The number of ether oxygens (including phenoxy) is 1. The van der Waals surface area contributed by atoms with Crippen LogP contribution in [0.1, 0.15) is 13.3 Å². The fourth-order valence-corrected chi connectivity index (χ4v) is 3.22. The summed E-state index contributed by atoms with van der Waals surface area (Å²) in [6, 6.07) is 3.71. The second kappa shape index (κ2) is 9.16. The van der Waals surface area contributed by atoms with Crippen molar-refractivity contribution < 1.29 is 14.6 Å². The first-order valence-corrected chi connectivity index (χ1v) is 9.41. The van der Waals surface area contributed by atoms with E-state index in [1.165, 1.54) is 0 Å². The Morgan fingerprint density at radius 2 is 1.96 bits per heavy atom. The molecule has 1 atom stereocenters. The number of rotatable bonds is 5. The van der Waals surface area contributed by atoms with Crippen LogP contribution < -0.4 is 10.2 Å². The second-order valence-corrected chi connectivity index (χ2v) is 6.78. The lowest BCUT2D eigenvalue weighted by Gasteiger charge is -2.35. The number of carbonyl (C=O) groups excluding carboxylic acids is 1. The zero-order valence-corrected chi connectivity index (χ0v) is 15.4. The van der Waals surface area contributed by atoms with E-state index in [2.05, 4.69) is 20.1 Å². The Morgan fingerprint density at radius 1 is 1.23 bits per heavy atom. The standard InChI is InChI=1S/C18H29N5O3/c1-2-16(24)14-21-5-7-23(8-6-21)18(25)20-17-4-3-15(13-19-17)22-9-11-26-12-10-22/h3-4,13,16,24H,2,5-12,14H2,1H3,(H,19,20,25). The molecule has 8 heteroatoms. The topological polar surface area (TPSA) is 81.2 Å². The van der Waals surface area contributed by atoms with E-state index in [1.54, 1.807) is 11.1 Å². The van der Waals surface area contributed by atoms with E-state index in [1.807, 2.05) is 19.1 Å². The molecule has 3 rings (SSSR count). The van der Waals surface area contributed by atoms with Gasteiger partial charge < -0.3 is 19.6 Å². The summed E-state index contributed by atoms with van der Waals surface area (Å²) >= 11 is 0. The number of pyridine rings is 1. The van der Waals surface area contributed by atoms with Gasteiger partial charge in [-0.05, 0) is 18.6 Å². The van der Waals surface area contributed by atoms with Crippen LogP contribution in [0.15, 0.2) is 18.3 Å². The number of amides is 2. The van der Waals surface area contributed by atoms with Crippen molar-refractivity contribution in [3.8, 4) is 0 Å². The van der Waals surface area contributed by atoms with Crippen molar-refractivity contribution in [2.45, 2.75) is 19.4 Å². The average molecular weight is 363 g/mol. The molecule has 2 fully saturated rings. The Kier molecular flexibility index (Phi) is 6.65. The smallest absolute Gasteiger partial charge is 0.323 e. The number of carbonyl (C=O) groups is 1. The Morgan fingerprint density at radius 3 is 2.58 bits per heavy atom. The van der Waals surface area contributed by atoms with Crippen molar-refractivity contribution in [3.05, 3.63) is 18.3 Å². The molecule has 0 bridgehead atoms. The monoisotopic (exact) mass is 363 g/mol. The van der Waals surface area contributed by atoms with E-state index < -0.39 is 0 Å². The molecule has 0 radical (unpaired) electrons. The molecule has 2 amide bonds. The summed E-state index contributed by atoms with van der Waals surface area (Å²) in [6.45, 7) is 8.75. The number of piperazine rings is 1. The third-order valence-electron chi connectivity index (χ3n) is 4.96. The van der Waals surface area contributed by atoms with Crippen LogP contribution in [0.5, 0.6) is 0 Å². The number of hydrogen-bond acceptors (Lipinski definition) is 6. The number of nitrogens with zero attached hydrogens (tertiary/aromatic N) is 4. The summed E-state index contributed by atoms with van der Waals surface area (Å²) in [6.07, 6.45) is 2.27. The first-order valence-electron chi connectivity index (χ1n) is 9.41. The molecule has 0 spiro atoms. The van der Waals surface area contributed by atoms with Crippen molar-refractivity contribution >= 4 is 17.5 Å². The summed E-state index contributed by atoms with van der Waals surface area (Å²) in [5.41, 5.74) is 1.05. The van der Waals surface area contributed by atoms with Gasteiger partial charge in [0.2, 0.25) is 0 Å². The fourth-order valence-electron chi connectivity index (χ4n) is 3.22. The van der Waals surface area contributed by atoms with Gasteiger partial charge in [0, 0.05) is 45.8 Å². The van der Waals surface area contributed by atoms with Gasteiger partial charge in [-0.2, -0.15) is 0 Å². The number of β-amino-alcohol motifs (C(OH)–C–C–N with tert-alkyl or cyclic N) is 1. The molecule has 1 unspecified atom stereocenters. The number of aliphatic hydroxyl groups excluding tert-OH is 1. The highest BCUT2D eigenvalue weighted by Crippen LogP contribution is 2.17. The molecule has 8 nitrogen and oxygen atoms in total. The second-order valence-electron chi connectivity index (χ2n) is 6.78. The van der Waals surface area contributed by atoms with Crippen LogP contribution in [0.25, 0.3) is 0 Å². The molecule has 2 N–H and O–H groups in total. The van der Waals surface area contributed by atoms with E-state index in [0.29, 0.717) is 25.5 Å². The number of anilines is 2. The number of nitrogens with one attached hydrogen (secondary N) is 1. The highest BCUT2D eigenvalue weighted by molar-refractivity contribution is 5.88. The molecule has 3 heterocycles. The molecular weight excluding hydrogens is 334 g/mol. The molecule has 1 aromatic heterocycles. The van der Waals surface area contributed by atoms with Crippen molar-refractivity contribution in [1.82, 2.24) is 14.8 Å². The van der Waals surface area contributed by atoms with Crippen molar-refractivity contribution in [2.75, 3.05) is 69.2 Å². The number of aromatic nitrogens is 1. The maximum Gasteiger partial charge on any atom is 0.323 e. The highest BCUT2D eigenvalue weighted by Gasteiger charge is 2.22. The first-order chi connectivity index (χ1) is 12.7. The van der Waals surface area contributed by atoms with Crippen LogP contribution in [0, 0.1) is 0 Å². The van der Waals surface area contributed by atoms with E-state index in [9.17, 15) is 9.90 Å². The number of aliphatic hydroxyl groups is 1. The van der Waals surface area contributed by atoms with Crippen molar-refractivity contribution in [2.24, 2.45) is 0 Å². The minimum absolute atomic E-state index is 0.118. The van der Waals surface area contributed by atoms with Crippen LogP contribution in [0.2, 0.25) is 0 Å². The van der Waals surface area contributed by atoms with E-state index in [0.717, 1.165) is 51.5 Å². The maximum atomic E-state index is 12.4. The number of urea groups is 1. The Labute approximate surface area is 154 Å². The van der Waals surface area contributed by atoms with Crippen LogP contribution >= 0.6 is 0 Å². The predicted octanol–water partition coefficient (Wildman–Crippen LogP) is 0.839. The van der Waals surface area contributed by atoms with Gasteiger partial charge in [0.25, 0.3) is 0 Å². The molecule has 1 aromatic rings. The molecule has 0 aliphatic carbocycles. The zero-order valence-electron chi connectivity index (χ0n) is 15.4. The van der Waals surface area contributed by atoms with Crippen molar-refractivity contribution in [1.29, 1.82) is 0 Å². The van der Waals surface area contributed by atoms with Gasteiger partial charge in [-0.1, -0.05) is 6.92 Å². The highest BCUT2D eigenvalue weighted by atomic mass is 16.5. The first kappa shape index (κ1) is 18.9. The summed E-state index contributed by atoms with van der Waals surface area (Å²) in [7, 11) is 0. The van der Waals surface area contributed by atoms with E-state index in [-0.39, 0.29) is 12.1 Å². The third-order valence-corrected chi connectivity index (χ3v) is 4.96. The third kappa shape index (κ3) is 5.06. The fraction of sp³-hybridized carbons (Fsp3) is 0.667. The van der Waals surface area contributed by atoms with Crippen LogP contribution in [0.4, 0.5) is 16.3 Å². The van der Waals surface area contributed by atoms with Crippen molar-refractivity contribution in [3.63, 3.8) is 0 Å².